The predicted octanol–water partition coefficient (Wildman–Crippen LogP) is 6.18. The molecule has 32 heavy (non-hydrogen) atoms. The summed E-state index contributed by atoms with van der Waals surface area (Å²) in [6, 6.07) is 5.00. The Morgan fingerprint density at radius 2 is 0.281 bits per heavy atom. The second kappa shape index (κ2) is 35.2. The third kappa shape index (κ3) is 99.6. The molecule has 0 fully saturated rings. The molecule has 0 aliphatic heterocycles. The van der Waals surface area contributed by atoms with Crippen molar-refractivity contribution < 1.29 is 18.8 Å². The third-order valence-electron chi connectivity index (χ3n) is 2.67. The van der Waals surface area contributed by atoms with Gasteiger partial charge in [-0.1, -0.05) is 111 Å². The minimum atomic E-state index is 0. The predicted molar refractivity (Wildman–Crippen MR) is 144 cm³/mol. The summed E-state index contributed by atoms with van der Waals surface area (Å²) in [5.41, 5.74) is 0. The molecule has 0 aromatic heterocycles. The third-order valence-corrected chi connectivity index (χ3v) is 2.67. The van der Waals surface area contributed by atoms with E-state index in [1.807, 2.05) is 0 Å². The Labute approximate surface area is 199 Å². The normalized spacial score (nSPS) is 9.75. The van der Waals surface area contributed by atoms with E-state index in [1.165, 1.54) is 0 Å². The molecule has 0 spiro atoms. The molecule has 0 aromatic rings. The maximum atomic E-state index is 3.31. The summed E-state index contributed by atoms with van der Waals surface area (Å²) < 4.78 is 0. The molecule has 0 bridgehead atoms. The Morgan fingerprint density at radius 1 is 0.219 bits per heavy atom. The molecule has 0 saturated carbocycles. The molecule has 0 amide bonds. The van der Waals surface area contributed by atoms with Gasteiger partial charge < -0.3 is 21.3 Å². The van der Waals surface area contributed by atoms with Gasteiger partial charge in [0, 0.05) is 48.3 Å². The van der Waals surface area contributed by atoms with Gasteiger partial charge in [-0.25, -0.2) is 0 Å². The van der Waals surface area contributed by atoms with E-state index in [9.17, 15) is 0 Å². The van der Waals surface area contributed by atoms with Crippen molar-refractivity contribution in [3.8, 4) is 0 Å². The molecule has 208 valence electrons. The molecule has 0 saturated heterocycles. The Bertz CT molecular complexity index is 207. The molecule has 8 heteroatoms. The molecule has 0 aliphatic rings. The first-order valence-corrected chi connectivity index (χ1v) is 11.5. The van der Waals surface area contributed by atoms with E-state index in [1.54, 1.807) is 0 Å². The zero-order valence-electron chi connectivity index (χ0n) is 24.3. The van der Waals surface area contributed by atoms with Gasteiger partial charge >= 0.3 is 0 Å². The summed E-state index contributed by atoms with van der Waals surface area (Å²) in [7, 11) is 0. The van der Waals surface area contributed by atoms with Gasteiger partial charge in [0.2, 0.25) is 0 Å². The molecule has 0 atom stereocenters. The molecule has 0 radical (unpaired) electrons. The highest BCUT2D eigenvalue weighted by Gasteiger charge is 1.94. The smallest absolute Gasteiger partial charge is 0.00127 e. The van der Waals surface area contributed by atoms with Crippen molar-refractivity contribution in [2.24, 2.45) is 0 Å². The maximum absolute atomic E-state index is 3.31. The van der Waals surface area contributed by atoms with Crippen LogP contribution in [0.15, 0.2) is 0 Å². The average Bonchev–Trinajstić information content (AvgIpc) is 2.32. The molecule has 0 unspecified atom stereocenters. The van der Waals surface area contributed by atoms with E-state index in [2.05, 4.69) is 132 Å². The van der Waals surface area contributed by atoms with Crippen LogP contribution in [0.4, 0.5) is 18.8 Å². The van der Waals surface area contributed by atoms with Gasteiger partial charge in [0.25, 0.3) is 0 Å². The highest BCUT2D eigenvalue weighted by atomic mass is 19.0. The molecular weight excluding hydrogens is 420 g/mol. The topological polar surface area (TPSA) is 48.1 Å². The van der Waals surface area contributed by atoms with Crippen LogP contribution in [0, 0.1) is 0 Å². The lowest BCUT2D eigenvalue weighted by Gasteiger charge is -2.10. The van der Waals surface area contributed by atoms with Gasteiger partial charge in [-0.2, -0.15) is 0 Å². The van der Waals surface area contributed by atoms with E-state index >= 15 is 0 Å². The quantitative estimate of drug-likeness (QED) is 0.311. The second-order valence-corrected chi connectivity index (χ2v) is 9.90. The summed E-state index contributed by atoms with van der Waals surface area (Å²) in [5.74, 6) is 0. The van der Waals surface area contributed by atoms with Crippen LogP contribution in [-0.2, 0) is 0 Å². The zero-order chi connectivity index (χ0) is 23.4. The number of hydrogen-bond acceptors (Lipinski definition) is 4. The SMILES string of the molecule is CC(C)NC(C)C.CC(C)NC(C)C.CC(C)NC(C)C.CC(C)NC(C)C.F.F.F.F. The number of halogens is 4. The Kier molecular flexibility index (Phi) is 58.3. The van der Waals surface area contributed by atoms with Crippen molar-refractivity contribution in [2.45, 2.75) is 159 Å². The summed E-state index contributed by atoms with van der Waals surface area (Å²) in [5, 5.41) is 13.2. The fourth-order valence-corrected chi connectivity index (χ4v) is 2.67. The minimum Gasteiger partial charge on any atom is -0.312 e. The van der Waals surface area contributed by atoms with Gasteiger partial charge in [-0.15, -0.1) is 0 Å². The highest BCUT2D eigenvalue weighted by molar-refractivity contribution is 4.57. The fourth-order valence-electron chi connectivity index (χ4n) is 2.67. The van der Waals surface area contributed by atoms with Crippen LogP contribution < -0.4 is 21.3 Å². The van der Waals surface area contributed by atoms with Crippen molar-refractivity contribution in [1.29, 1.82) is 0 Å². The molecule has 0 rings (SSSR count). The van der Waals surface area contributed by atoms with Crippen LogP contribution in [0.5, 0.6) is 0 Å². The van der Waals surface area contributed by atoms with Gasteiger partial charge in [0.05, 0.1) is 0 Å². The Hall–Kier alpha value is -0.440. The Morgan fingerprint density at radius 3 is 0.281 bits per heavy atom. The second-order valence-electron chi connectivity index (χ2n) is 9.90. The van der Waals surface area contributed by atoms with Crippen LogP contribution in [0.25, 0.3) is 0 Å². The molecule has 4 nitrogen and oxygen atoms in total. The molecule has 0 aromatic carbocycles. The van der Waals surface area contributed by atoms with Crippen LogP contribution >= 0.6 is 0 Å². The first-order chi connectivity index (χ1) is 12.5. The lowest BCUT2D eigenvalue weighted by Crippen LogP contribution is -2.29. The fraction of sp³-hybridized carbons (Fsp3) is 1.00. The first-order valence-electron chi connectivity index (χ1n) is 11.5. The van der Waals surface area contributed by atoms with Crippen molar-refractivity contribution >= 4 is 0 Å². The summed E-state index contributed by atoms with van der Waals surface area (Å²) in [6.45, 7) is 34.4. The van der Waals surface area contributed by atoms with Crippen molar-refractivity contribution in [1.82, 2.24) is 21.3 Å². The number of nitrogens with one attached hydrogen (secondary N) is 4. The van der Waals surface area contributed by atoms with Crippen LogP contribution in [0.3, 0.4) is 0 Å². The number of rotatable bonds is 8. The molecule has 0 heterocycles. The van der Waals surface area contributed by atoms with Gasteiger partial charge in [0.1, 0.15) is 0 Å². The maximum Gasteiger partial charge on any atom is 0.00127 e. The lowest BCUT2D eigenvalue weighted by molar-refractivity contribution is 0.518. The van der Waals surface area contributed by atoms with Crippen LogP contribution in [0.1, 0.15) is 111 Å². The first kappa shape index (κ1) is 53.1. The van der Waals surface area contributed by atoms with E-state index in [4.69, 9.17) is 0 Å². The van der Waals surface area contributed by atoms with Crippen molar-refractivity contribution in [3.05, 3.63) is 0 Å². The monoisotopic (exact) mass is 485 g/mol. The highest BCUT2D eigenvalue weighted by Crippen LogP contribution is 1.82. The molecule has 4 N–H and O–H groups in total. The number of hydrogen-bond donors (Lipinski definition) is 4. The van der Waals surface area contributed by atoms with E-state index in [0.717, 1.165) is 0 Å². The van der Waals surface area contributed by atoms with E-state index in [0.29, 0.717) is 48.3 Å². The van der Waals surface area contributed by atoms with Crippen molar-refractivity contribution in [3.63, 3.8) is 0 Å². The lowest BCUT2D eigenvalue weighted by atomic mass is 10.3. The largest absolute Gasteiger partial charge is 0.312 e. The standard InChI is InChI=1S/4C6H15N.4FH/c4*1-5(2)7-6(3)4;;;;/h4*5-7H,1-4H3;4*1H. The summed E-state index contributed by atoms with van der Waals surface area (Å²) >= 11 is 0. The molecule has 0 aliphatic carbocycles. The van der Waals surface area contributed by atoms with Gasteiger partial charge in [0.15, 0.2) is 0 Å². The van der Waals surface area contributed by atoms with Crippen molar-refractivity contribution in [2.75, 3.05) is 0 Å². The van der Waals surface area contributed by atoms with Crippen LogP contribution in [0.2, 0.25) is 0 Å². The average molecular weight is 485 g/mol. The Balaban J connectivity index is -0.0000000384. The minimum absolute atomic E-state index is 0. The van der Waals surface area contributed by atoms with E-state index < -0.39 is 0 Å². The van der Waals surface area contributed by atoms with Gasteiger partial charge in [-0.05, 0) is 0 Å². The van der Waals surface area contributed by atoms with Gasteiger partial charge in [-0.3, -0.25) is 18.8 Å². The molecular formula is C24H64F4N4. The van der Waals surface area contributed by atoms with Crippen LogP contribution in [-0.4, -0.2) is 48.3 Å². The zero-order valence-corrected chi connectivity index (χ0v) is 24.3. The summed E-state index contributed by atoms with van der Waals surface area (Å²) in [4.78, 5) is 0. The van der Waals surface area contributed by atoms with E-state index in [-0.39, 0.29) is 18.8 Å². The summed E-state index contributed by atoms with van der Waals surface area (Å²) in [6.07, 6.45) is 0.